The molecule has 25 heavy (non-hydrogen) atoms. The zero-order valence-corrected chi connectivity index (χ0v) is 15.7. The van der Waals surface area contributed by atoms with Crippen LogP contribution in [0.15, 0.2) is 42.5 Å². The summed E-state index contributed by atoms with van der Waals surface area (Å²) in [6.07, 6.45) is 0.207. The number of amides is 2. The zero-order chi connectivity index (χ0) is 18.4. The fourth-order valence-electron chi connectivity index (χ4n) is 2.29. The van der Waals surface area contributed by atoms with Crippen LogP contribution < -0.4 is 5.32 Å². The van der Waals surface area contributed by atoms with E-state index in [-0.39, 0.29) is 18.2 Å². The Morgan fingerprint density at radius 3 is 2.36 bits per heavy atom. The van der Waals surface area contributed by atoms with Crippen LogP contribution in [0.25, 0.3) is 0 Å². The highest BCUT2D eigenvalue weighted by Gasteiger charge is 2.12. The first-order valence-corrected chi connectivity index (χ1v) is 8.66. The first-order chi connectivity index (χ1) is 11.8. The van der Waals surface area contributed by atoms with Gasteiger partial charge in [0.15, 0.2) is 0 Å². The highest BCUT2D eigenvalue weighted by molar-refractivity contribution is 6.31. The van der Waals surface area contributed by atoms with Crippen molar-refractivity contribution in [1.82, 2.24) is 4.90 Å². The van der Waals surface area contributed by atoms with E-state index in [9.17, 15) is 9.59 Å². The monoisotopic (exact) mass is 378 g/mol. The Bertz CT molecular complexity index is 761. The van der Waals surface area contributed by atoms with Crippen molar-refractivity contribution in [2.24, 2.45) is 0 Å². The maximum Gasteiger partial charge on any atom is 0.226 e. The molecule has 0 bridgehead atoms. The van der Waals surface area contributed by atoms with Gasteiger partial charge in [-0.05, 0) is 42.3 Å². The van der Waals surface area contributed by atoms with Crippen LogP contribution in [-0.2, 0) is 16.1 Å². The van der Waals surface area contributed by atoms with Crippen molar-refractivity contribution in [3.8, 4) is 0 Å². The SMILES string of the molecule is CC(=O)N(CCC(=O)Nc1ccc(C)c(Cl)c1)Cc1ccc(Cl)cc1. The van der Waals surface area contributed by atoms with Crippen LogP contribution in [-0.4, -0.2) is 23.3 Å². The predicted molar refractivity (Wildman–Crippen MR) is 102 cm³/mol. The highest BCUT2D eigenvalue weighted by atomic mass is 35.5. The molecule has 0 heterocycles. The summed E-state index contributed by atoms with van der Waals surface area (Å²) in [5.41, 5.74) is 2.56. The van der Waals surface area contributed by atoms with Crippen LogP contribution in [0.2, 0.25) is 10.0 Å². The Morgan fingerprint density at radius 1 is 1.08 bits per heavy atom. The molecule has 2 aromatic carbocycles. The van der Waals surface area contributed by atoms with Crippen molar-refractivity contribution >= 4 is 40.7 Å². The van der Waals surface area contributed by atoms with Crippen LogP contribution in [0.1, 0.15) is 24.5 Å². The predicted octanol–water partition coefficient (Wildman–Crippen LogP) is 4.68. The first-order valence-electron chi connectivity index (χ1n) is 7.91. The van der Waals surface area contributed by atoms with Gasteiger partial charge in [0.25, 0.3) is 0 Å². The minimum atomic E-state index is -0.165. The third-order valence-corrected chi connectivity index (χ3v) is 4.46. The second kappa shape index (κ2) is 8.88. The number of carbonyl (C=O) groups excluding carboxylic acids is 2. The molecule has 0 aliphatic heterocycles. The van der Waals surface area contributed by atoms with Crippen molar-refractivity contribution in [2.75, 3.05) is 11.9 Å². The quantitative estimate of drug-likeness (QED) is 0.792. The standard InChI is InChI=1S/C19H20Cl2N2O2/c1-13-3-8-17(11-18(13)21)22-19(25)9-10-23(14(2)24)12-15-4-6-16(20)7-5-15/h3-8,11H,9-10,12H2,1-2H3,(H,22,25). The van der Waals surface area contributed by atoms with Gasteiger partial charge in [-0.25, -0.2) is 0 Å². The molecular formula is C19H20Cl2N2O2. The molecule has 0 aliphatic rings. The lowest BCUT2D eigenvalue weighted by molar-refractivity contribution is -0.129. The van der Waals surface area contributed by atoms with E-state index in [1.165, 1.54) is 6.92 Å². The van der Waals surface area contributed by atoms with Gasteiger partial charge in [0, 0.05) is 42.2 Å². The van der Waals surface area contributed by atoms with Crippen LogP contribution in [0.3, 0.4) is 0 Å². The van der Waals surface area contributed by atoms with Gasteiger partial charge in [-0.2, -0.15) is 0 Å². The van der Waals surface area contributed by atoms with E-state index in [2.05, 4.69) is 5.32 Å². The molecule has 0 aliphatic carbocycles. The number of aryl methyl sites for hydroxylation is 1. The van der Waals surface area contributed by atoms with Crippen molar-refractivity contribution in [3.05, 3.63) is 63.6 Å². The molecule has 132 valence electrons. The summed E-state index contributed by atoms with van der Waals surface area (Å²) in [4.78, 5) is 25.6. The number of benzene rings is 2. The van der Waals surface area contributed by atoms with E-state index in [0.29, 0.717) is 28.8 Å². The number of rotatable bonds is 6. The van der Waals surface area contributed by atoms with Gasteiger partial charge >= 0.3 is 0 Å². The molecular weight excluding hydrogens is 359 g/mol. The summed E-state index contributed by atoms with van der Waals surface area (Å²) in [6.45, 7) is 4.17. The van der Waals surface area contributed by atoms with E-state index in [1.807, 2.05) is 25.1 Å². The average Bonchev–Trinajstić information content (AvgIpc) is 2.56. The Morgan fingerprint density at radius 2 is 1.76 bits per heavy atom. The molecule has 0 spiro atoms. The smallest absolute Gasteiger partial charge is 0.226 e. The molecule has 6 heteroatoms. The summed E-state index contributed by atoms with van der Waals surface area (Å²) in [7, 11) is 0. The van der Waals surface area contributed by atoms with Gasteiger partial charge < -0.3 is 10.2 Å². The van der Waals surface area contributed by atoms with Gasteiger partial charge in [0.2, 0.25) is 11.8 Å². The number of nitrogens with zero attached hydrogens (tertiary/aromatic N) is 1. The van der Waals surface area contributed by atoms with Gasteiger partial charge in [0.05, 0.1) is 0 Å². The third kappa shape index (κ3) is 6.07. The normalized spacial score (nSPS) is 10.4. The van der Waals surface area contributed by atoms with E-state index in [1.54, 1.807) is 29.2 Å². The molecule has 0 unspecified atom stereocenters. The maximum atomic E-state index is 12.1. The molecule has 0 atom stereocenters. The van der Waals surface area contributed by atoms with Gasteiger partial charge in [-0.1, -0.05) is 41.4 Å². The Labute approximate surface area is 157 Å². The lowest BCUT2D eigenvalue weighted by Gasteiger charge is -2.21. The molecule has 0 saturated carbocycles. The molecule has 0 fully saturated rings. The minimum Gasteiger partial charge on any atom is -0.338 e. The fourth-order valence-corrected chi connectivity index (χ4v) is 2.60. The molecule has 2 amide bonds. The topological polar surface area (TPSA) is 49.4 Å². The van der Waals surface area contributed by atoms with Gasteiger partial charge in [-0.15, -0.1) is 0 Å². The highest BCUT2D eigenvalue weighted by Crippen LogP contribution is 2.20. The molecule has 0 saturated heterocycles. The fraction of sp³-hybridized carbons (Fsp3) is 0.263. The van der Waals surface area contributed by atoms with Crippen molar-refractivity contribution in [3.63, 3.8) is 0 Å². The van der Waals surface area contributed by atoms with Crippen molar-refractivity contribution in [2.45, 2.75) is 26.8 Å². The van der Waals surface area contributed by atoms with E-state index in [0.717, 1.165) is 11.1 Å². The summed E-state index contributed by atoms with van der Waals surface area (Å²) in [5.74, 6) is -0.247. The largest absolute Gasteiger partial charge is 0.338 e. The van der Waals surface area contributed by atoms with Crippen LogP contribution in [0, 0.1) is 6.92 Å². The number of halogens is 2. The van der Waals surface area contributed by atoms with E-state index >= 15 is 0 Å². The van der Waals surface area contributed by atoms with Crippen molar-refractivity contribution in [1.29, 1.82) is 0 Å². The molecule has 2 rings (SSSR count). The zero-order valence-electron chi connectivity index (χ0n) is 14.2. The Balaban J connectivity index is 1.91. The summed E-state index contributed by atoms with van der Waals surface area (Å²) < 4.78 is 0. The molecule has 4 nitrogen and oxygen atoms in total. The maximum absolute atomic E-state index is 12.1. The van der Waals surface area contributed by atoms with E-state index in [4.69, 9.17) is 23.2 Å². The molecule has 1 N–H and O–H groups in total. The van der Waals surface area contributed by atoms with Crippen LogP contribution in [0.4, 0.5) is 5.69 Å². The lowest BCUT2D eigenvalue weighted by Crippen LogP contribution is -2.31. The van der Waals surface area contributed by atoms with Crippen molar-refractivity contribution < 1.29 is 9.59 Å². The summed E-state index contributed by atoms with van der Waals surface area (Å²) in [5, 5.41) is 4.05. The number of nitrogens with one attached hydrogen (secondary N) is 1. The number of carbonyl (C=O) groups is 2. The average molecular weight is 379 g/mol. The number of anilines is 1. The lowest BCUT2D eigenvalue weighted by atomic mass is 10.2. The summed E-state index contributed by atoms with van der Waals surface area (Å²) in [6, 6.07) is 12.7. The molecule has 0 radical (unpaired) electrons. The third-order valence-electron chi connectivity index (χ3n) is 3.80. The van der Waals surface area contributed by atoms with E-state index < -0.39 is 0 Å². The number of hydrogen-bond acceptors (Lipinski definition) is 2. The second-order valence-electron chi connectivity index (χ2n) is 5.83. The summed E-state index contributed by atoms with van der Waals surface area (Å²) >= 11 is 11.9. The van der Waals surface area contributed by atoms with Gasteiger partial charge in [0.1, 0.15) is 0 Å². The first kappa shape index (κ1) is 19.3. The number of hydrogen-bond donors (Lipinski definition) is 1. The van der Waals surface area contributed by atoms with Crippen LogP contribution in [0.5, 0.6) is 0 Å². The Hall–Kier alpha value is -2.04. The molecule has 0 aromatic heterocycles. The molecule has 2 aromatic rings. The Kier molecular flexibility index (Phi) is 6.85. The minimum absolute atomic E-state index is 0.0823. The second-order valence-corrected chi connectivity index (χ2v) is 6.67. The van der Waals surface area contributed by atoms with Gasteiger partial charge in [-0.3, -0.25) is 9.59 Å². The van der Waals surface area contributed by atoms with Crippen LogP contribution >= 0.6 is 23.2 Å².